The van der Waals surface area contributed by atoms with Crippen LogP contribution < -0.4 is 4.74 Å². The molecule has 1 N–H and O–H groups in total. The van der Waals surface area contributed by atoms with Gasteiger partial charge in [0.1, 0.15) is 5.75 Å². The topological polar surface area (TPSA) is 59.4 Å². The Hall–Kier alpha value is -2.11. The number of rotatable bonds is 3. The number of aromatic carboxylic acids is 1. The summed E-state index contributed by atoms with van der Waals surface area (Å²) in [4.78, 5) is 16.2. The average molecular weight is 393 g/mol. The number of hydrogen-bond donors (Lipinski definition) is 1. The first kappa shape index (κ1) is 15.8. The Morgan fingerprint density at radius 3 is 2.70 bits per heavy atom. The predicted molar refractivity (Wildman–Crippen MR) is 93.4 cm³/mol. The van der Waals surface area contributed by atoms with Crippen LogP contribution in [-0.4, -0.2) is 23.2 Å². The van der Waals surface area contributed by atoms with Crippen molar-refractivity contribution in [3.8, 4) is 17.0 Å². The first-order valence-electron chi connectivity index (χ1n) is 6.67. The van der Waals surface area contributed by atoms with Crippen LogP contribution in [0, 0.1) is 0 Å². The summed E-state index contributed by atoms with van der Waals surface area (Å²) in [5.74, 6) is -0.438. The summed E-state index contributed by atoms with van der Waals surface area (Å²) in [6, 6.07) is 12.0. The fraction of sp³-hybridized carbons (Fsp3) is 0.0588. The van der Waals surface area contributed by atoms with Gasteiger partial charge in [-0.25, -0.2) is 9.78 Å². The number of aromatic nitrogens is 1. The number of hydrogen-bond acceptors (Lipinski definition) is 3. The Morgan fingerprint density at radius 1 is 1.22 bits per heavy atom. The van der Waals surface area contributed by atoms with E-state index >= 15 is 0 Å². The highest BCUT2D eigenvalue weighted by Crippen LogP contribution is 2.34. The zero-order valence-electron chi connectivity index (χ0n) is 12.0. The Balaban J connectivity index is 2.33. The molecule has 0 aliphatic carbocycles. The first-order chi connectivity index (χ1) is 11.0. The van der Waals surface area contributed by atoms with Gasteiger partial charge in [0.2, 0.25) is 0 Å². The molecule has 0 spiro atoms. The molecule has 0 amide bonds. The van der Waals surface area contributed by atoms with Crippen molar-refractivity contribution in [2.45, 2.75) is 0 Å². The number of nitrogens with zero attached hydrogens (tertiary/aromatic N) is 1. The summed E-state index contributed by atoms with van der Waals surface area (Å²) in [7, 11) is 1.54. The van der Waals surface area contributed by atoms with Crippen molar-refractivity contribution in [3.63, 3.8) is 0 Å². The van der Waals surface area contributed by atoms with Gasteiger partial charge in [-0.15, -0.1) is 0 Å². The van der Waals surface area contributed by atoms with Crippen molar-refractivity contribution in [2.75, 3.05) is 7.11 Å². The third-order valence-corrected chi connectivity index (χ3v) is 4.17. The highest BCUT2D eigenvalue weighted by molar-refractivity contribution is 9.10. The van der Waals surface area contributed by atoms with Gasteiger partial charge < -0.3 is 9.84 Å². The standard InChI is InChI=1S/C17H11BrClNO3/c1-23-16-5-3-10(19)7-13(16)15-8-12(17(21)22)11-6-9(18)2-4-14(11)20-15/h2-8H,1H3,(H,21,22). The van der Waals surface area contributed by atoms with E-state index in [1.54, 1.807) is 37.4 Å². The molecular weight excluding hydrogens is 382 g/mol. The second-order valence-corrected chi connectivity index (χ2v) is 6.22. The summed E-state index contributed by atoms with van der Waals surface area (Å²) >= 11 is 9.41. The van der Waals surface area contributed by atoms with E-state index in [9.17, 15) is 9.90 Å². The Labute approximate surface area is 145 Å². The molecule has 0 fully saturated rings. The molecule has 0 saturated heterocycles. The number of carbonyl (C=O) groups is 1. The molecule has 3 rings (SSSR count). The van der Waals surface area contributed by atoms with Crippen molar-refractivity contribution >= 4 is 44.4 Å². The van der Waals surface area contributed by atoms with Crippen LogP contribution in [0.25, 0.3) is 22.2 Å². The van der Waals surface area contributed by atoms with Crippen molar-refractivity contribution in [3.05, 3.63) is 57.5 Å². The molecule has 0 bridgehead atoms. The number of halogens is 2. The summed E-state index contributed by atoms with van der Waals surface area (Å²) in [5, 5.41) is 10.6. The van der Waals surface area contributed by atoms with Crippen LogP contribution in [0.1, 0.15) is 10.4 Å². The third kappa shape index (κ3) is 3.02. The van der Waals surface area contributed by atoms with E-state index < -0.39 is 5.97 Å². The van der Waals surface area contributed by atoms with Gasteiger partial charge in [0.15, 0.2) is 0 Å². The van der Waals surface area contributed by atoms with Gasteiger partial charge in [0.05, 0.1) is 23.9 Å². The van der Waals surface area contributed by atoms with E-state index in [0.29, 0.717) is 32.9 Å². The van der Waals surface area contributed by atoms with Gasteiger partial charge in [-0.2, -0.15) is 0 Å². The van der Waals surface area contributed by atoms with Gasteiger partial charge in [-0.1, -0.05) is 27.5 Å². The van der Waals surface area contributed by atoms with Gasteiger partial charge in [0.25, 0.3) is 0 Å². The summed E-state index contributed by atoms with van der Waals surface area (Å²) in [6.07, 6.45) is 0. The van der Waals surface area contributed by atoms with Gasteiger partial charge in [-0.05, 0) is 42.5 Å². The molecule has 4 nitrogen and oxygen atoms in total. The van der Waals surface area contributed by atoms with Crippen LogP contribution in [0.3, 0.4) is 0 Å². The van der Waals surface area contributed by atoms with Crippen LogP contribution in [0.2, 0.25) is 5.02 Å². The summed E-state index contributed by atoms with van der Waals surface area (Å²) in [5.41, 5.74) is 1.90. The quantitative estimate of drug-likeness (QED) is 0.679. The molecule has 1 aromatic heterocycles. The number of carboxylic acid groups (broad SMARTS) is 1. The second kappa shape index (κ2) is 6.18. The monoisotopic (exact) mass is 391 g/mol. The number of methoxy groups -OCH3 is 1. The lowest BCUT2D eigenvalue weighted by molar-refractivity contribution is 0.0699. The molecule has 6 heteroatoms. The van der Waals surface area contributed by atoms with Crippen molar-refractivity contribution in [2.24, 2.45) is 0 Å². The van der Waals surface area contributed by atoms with Crippen molar-refractivity contribution in [1.82, 2.24) is 4.98 Å². The molecule has 0 radical (unpaired) electrons. The largest absolute Gasteiger partial charge is 0.496 e. The molecule has 3 aromatic rings. The smallest absolute Gasteiger partial charge is 0.336 e. The van der Waals surface area contributed by atoms with E-state index in [1.165, 1.54) is 6.07 Å². The third-order valence-electron chi connectivity index (χ3n) is 3.44. The summed E-state index contributed by atoms with van der Waals surface area (Å²) < 4.78 is 6.13. The van der Waals surface area contributed by atoms with E-state index in [0.717, 1.165) is 4.47 Å². The molecule has 2 aromatic carbocycles. The maximum atomic E-state index is 11.6. The molecule has 0 aliphatic rings. The predicted octanol–water partition coefficient (Wildman–Crippen LogP) is 5.02. The zero-order chi connectivity index (χ0) is 16.6. The van der Waals surface area contributed by atoms with Crippen LogP contribution in [0.4, 0.5) is 0 Å². The van der Waals surface area contributed by atoms with E-state index in [2.05, 4.69) is 20.9 Å². The maximum Gasteiger partial charge on any atom is 0.336 e. The van der Waals surface area contributed by atoms with Crippen molar-refractivity contribution in [1.29, 1.82) is 0 Å². The normalized spacial score (nSPS) is 10.7. The molecule has 0 saturated carbocycles. The van der Waals surface area contributed by atoms with E-state index in [1.807, 2.05) is 6.07 Å². The van der Waals surface area contributed by atoms with Gasteiger partial charge >= 0.3 is 5.97 Å². The fourth-order valence-corrected chi connectivity index (χ4v) is 2.93. The molecule has 0 atom stereocenters. The van der Waals surface area contributed by atoms with Gasteiger partial charge in [-0.3, -0.25) is 0 Å². The fourth-order valence-electron chi connectivity index (χ4n) is 2.39. The van der Waals surface area contributed by atoms with Crippen LogP contribution >= 0.6 is 27.5 Å². The number of carboxylic acids is 1. The number of benzene rings is 2. The molecular formula is C17H11BrClNO3. The minimum Gasteiger partial charge on any atom is -0.496 e. The molecule has 0 aliphatic heterocycles. The number of ether oxygens (including phenoxy) is 1. The molecule has 23 heavy (non-hydrogen) atoms. The summed E-state index contributed by atoms with van der Waals surface area (Å²) in [6.45, 7) is 0. The molecule has 0 unspecified atom stereocenters. The molecule has 1 heterocycles. The minimum atomic E-state index is -1.02. The Bertz CT molecular complexity index is 927. The maximum absolute atomic E-state index is 11.6. The zero-order valence-corrected chi connectivity index (χ0v) is 14.4. The number of pyridine rings is 1. The Morgan fingerprint density at radius 2 is 2.00 bits per heavy atom. The van der Waals surface area contributed by atoms with Crippen molar-refractivity contribution < 1.29 is 14.6 Å². The molecule has 116 valence electrons. The van der Waals surface area contributed by atoms with Crippen LogP contribution in [0.5, 0.6) is 5.75 Å². The highest BCUT2D eigenvalue weighted by Gasteiger charge is 2.16. The van der Waals surface area contributed by atoms with Crippen LogP contribution in [-0.2, 0) is 0 Å². The first-order valence-corrected chi connectivity index (χ1v) is 7.84. The van der Waals surface area contributed by atoms with Gasteiger partial charge in [0, 0.05) is 20.4 Å². The van der Waals surface area contributed by atoms with E-state index in [4.69, 9.17) is 16.3 Å². The lowest BCUT2D eigenvalue weighted by Gasteiger charge is -2.11. The van der Waals surface area contributed by atoms with E-state index in [-0.39, 0.29) is 5.56 Å². The number of fused-ring (bicyclic) bond motifs is 1. The lowest BCUT2D eigenvalue weighted by Crippen LogP contribution is -2.01. The second-order valence-electron chi connectivity index (χ2n) is 4.87. The average Bonchev–Trinajstić information content (AvgIpc) is 2.53. The van der Waals surface area contributed by atoms with Crippen LogP contribution in [0.15, 0.2) is 46.9 Å². The highest BCUT2D eigenvalue weighted by atomic mass is 79.9. The Kier molecular flexibility index (Phi) is 4.24. The SMILES string of the molecule is COc1ccc(Cl)cc1-c1cc(C(=O)O)c2cc(Br)ccc2n1. The lowest BCUT2D eigenvalue weighted by atomic mass is 10.0. The minimum absolute atomic E-state index is 0.174.